The number of β-amino-alcohol motifs (C(OH)–C–C–N with tert-alkyl or cyclic N) is 1. The minimum Gasteiger partial charge on any atom is -0.497 e. The van der Waals surface area contributed by atoms with Gasteiger partial charge in [0.05, 0.1) is 26.4 Å². The third-order valence-corrected chi connectivity index (χ3v) is 4.64. The van der Waals surface area contributed by atoms with E-state index >= 15 is 0 Å². The fraction of sp³-hybridized carbons (Fsp3) is 0.429. The highest BCUT2D eigenvalue weighted by Gasteiger charge is 2.17. The highest BCUT2D eigenvalue weighted by Crippen LogP contribution is 2.18. The first-order valence-electron chi connectivity index (χ1n) is 8.92. The second kappa shape index (κ2) is 8.99. The number of methoxy groups -OCH3 is 1. The van der Waals surface area contributed by atoms with Gasteiger partial charge in [-0.15, -0.1) is 0 Å². The Balaban J connectivity index is 1.43. The van der Waals surface area contributed by atoms with E-state index in [1.165, 1.54) is 11.1 Å². The van der Waals surface area contributed by atoms with Crippen LogP contribution in [0, 0.1) is 0 Å². The molecule has 0 bridgehead atoms. The molecule has 2 aromatic carbocycles. The van der Waals surface area contributed by atoms with E-state index in [2.05, 4.69) is 29.2 Å². The molecule has 25 heavy (non-hydrogen) atoms. The summed E-state index contributed by atoms with van der Waals surface area (Å²) in [6.45, 7) is 3.43. The van der Waals surface area contributed by atoms with Crippen molar-refractivity contribution in [1.82, 2.24) is 4.90 Å². The van der Waals surface area contributed by atoms with E-state index < -0.39 is 6.10 Å². The number of aryl methyl sites for hydroxylation is 1. The maximum Gasteiger partial charge on any atom is 0.118 e. The van der Waals surface area contributed by atoms with Gasteiger partial charge in [0.1, 0.15) is 5.75 Å². The standard InChI is InChI=1S/C21H27NO3/c1-24-21-10-8-17(9-11-21)15-25-16-20(23)14-22-12-4-7-18-5-2-3-6-19(18)13-22/h2-3,5-6,8-11,20,23H,4,7,12-16H2,1H3. The lowest BCUT2D eigenvalue weighted by atomic mass is 10.0. The van der Waals surface area contributed by atoms with Crippen LogP contribution >= 0.6 is 0 Å². The lowest BCUT2D eigenvalue weighted by molar-refractivity contribution is 0.00879. The molecule has 2 aromatic rings. The number of aliphatic hydroxyl groups excluding tert-OH is 1. The summed E-state index contributed by atoms with van der Waals surface area (Å²) in [6, 6.07) is 16.4. The van der Waals surface area contributed by atoms with Gasteiger partial charge in [-0.25, -0.2) is 0 Å². The summed E-state index contributed by atoms with van der Waals surface area (Å²) in [5.41, 5.74) is 3.90. The molecule has 4 nitrogen and oxygen atoms in total. The second-order valence-electron chi connectivity index (χ2n) is 6.62. The molecule has 0 aliphatic carbocycles. The maximum atomic E-state index is 10.3. The van der Waals surface area contributed by atoms with Crippen molar-refractivity contribution in [1.29, 1.82) is 0 Å². The molecule has 1 aliphatic heterocycles. The van der Waals surface area contributed by atoms with Gasteiger partial charge in [-0.1, -0.05) is 36.4 Å². The smallest absolute Gasteiger partial charge is 0.118 e. The van der Waals surface area contributed by atoms with Gasteiger partial charge in [0, 0.05) is 13.1 Å². The van der Waals surface area contributed by atoms with Crippen LogP contribution in [0.4, 0.5) is 0 Å². The van der Waals surface area contributed by atoms with Crippen molar-refractivity contribution < 1.29 is 14.6 Å². The zero-order valence-corrected chi connectivity index (χ0v) is 14.9. The Morgan fingerprint density at radius 3 is 2.60 bits per heavy atom. The predicted octanol–water partition coefficient (Wildman–Crippen LogP) is 3.02. The van der Waals surface area contributed by atoms with E-state index in [0.717, 1.165) is 37.2 Å². The summed E-state index contributed by atoms with van der Waals surface area (Å²) >= 11 is 0. The predicted molar refractivity (Wildman–Crippen MR) is 98.7 cm³/mol. The van der Waals surface area contributed by atoms with Gasteiger partial charge in [-0.05, 0) is 48.2 Å². The van der Waals surface area contributed by atoms with Gasteiger partial charge in [0.15, 0.2) is 0 Å². The molecule has 4 heteroatoms. The van der Waals surface area contributed by atoms with Crippen LogP contribution in [0.3, 0.4) is 0 Å². The van der Waals surface area contributed by atoms with Crippen LogP contribution < -0.4 is 4.74 Å². The lowest BCUT2D eigenvalue weighted by Crippen LogP contribution is -2.34. The summed E-state index contributed by atoms with van der Waals surface area (Å²) in [7, 11) is 1.66. The Labute approximate surface area is 150 Å². The minimum atomic E-state index is -0.469. The summed E-state index contributed by atoms with van der Waals surface area (Å²) in [6.07, 6.45) is 1.79. The quantitative estimate of drug-likeness (QED) is 0.841. The van der Waals surface area contributed by atoms with Crippen LogP contribution in [0.5, 0.6) is 5.75 Å². The first-order valence-corrected chi connectivity index (χ1v) is 8.92. The van der Waals surface area contributed by atoms with Crippen molar-refractivity contribution in [3.8, 4) is 5.75 Å². The Morgan fingerprint density at radius 1 is 1.08 bits per heavy atom. The van der Waals surface area contributed by atoms with Crippen molar-refractivity contribution in [3.05, 3.63) is 65.2 Å². The van der Waals surface area contributed by atoms with Crippen LogP contribution in [-0.4, -0.2) is 42.9 Å². The molecular weight excluding hydrogens is 314 g/mol. The van der Waals surface area contributed by atoms with Crippen LogP contribution in [-0.2, 0) is 24.3 Å². The molecule has 0 amide bonds. The van der Waals surface area contributed by atoms with E-state index in [0.29, 0.717) is 19.8 Å². The van der Waals surface area contributed by atoms with Crippen molar-refractivity contribution in [2.45, 2.75) is 32.1 Å². The van der Waals surface area contributed by atoms with Gasteiger partial charge < -0.3 is 14.6 Å². The SMILES string of the molecule is COc1ccc(COCC(O)CN2CCCc3ccccc3C2)cc1. The van der Waals surface area contributed by atoms with E-state index in [1.807, 2.05) is 24.3 Å². The van der Waals surface area contributed by atoms with Crippen molar-refractivity contribution in [2.24, 2.45) is 0 Å². The summed E-state index contributed by atoms with van der Waals surface area (Å²) in [5.74, 6) is 0.838. The molecule has 1 aliphatic rings. The minimum absolute atomic E-state index is 0.351. The molecule has 134 valence electrons. The lowest BCUT2D eigenvalue weighted by Gasteiger charge is -2.23. The van der Waals surface area contributed by atoms with Gasteiger partial charge in [-0.2, -0.15) is 0 Å². The van der Waals surface area contributed by atoms with Gasteiger partial charge in [0.2, 0.25) is 0 Å². The molecule has 0 saturated heterocycles. The Morgan fingerprint density at radius 2 is 1.84 bits per heavy atom. The van der Waals surface area contributed by atoms with E-state index in [1.54, 1.807) is 7.11 Å². The Bertz CT molecular complexity index is 656. The molecule has 1 N–H and O–H groups in total. The molecule has 1 unspecified atom stereocenters. The van der Waals surface area contributed by atoms with Crippen LogP contribution in [0.15, 0.2) is 48.5 Å². The maximum absolute atomic E-state index is 10.3. The molecule has 0 radical (unpaired) electrons. The third-order valence-electron chi connectivity index (χ3n) is 4.64. The average Bonchev–Trinajstić information content (AvgIpc) is 2.84. The molecule has 1 atom stereocenters. The summed E-state index contributed by atoms with van der Waals surface area (Å²) in [4.78, 5) is 2.33. The number of fused-ring (bicyclic) bond motifs is 1. The monoisotopic (exact) mass is 341 g/mol. The number of ether oxygens (including phenoxy) is 2. The van der Waals surface area contributed by atoms with Crippen LogP contribution in [0.25, 0.3) is 0 Å². The topological polar surface area (TPSA) is 41.9 Å². The highest BCUT2D eigenvalue weighted by molar-refractivity contribution is 5.28. The average molecular weight is 341 g/mol. The van der Waals surface area contributed by atoms with Crippen molar-refractivity contribution in [2.75, 3.05) is 26.8 Å². The van der Waals surface area contributed by atoms with E-state index in [-0.39, 0.29) is 0 Å². The number of benzene rings is 2. The largest absolute Gasteiger partial charge is 0.497 e. The van der Waals surface area contributed by atoms with E-state index in [4.69, 9.17) is 9.47 Å². The molecular formula is C21H27NO3. The molecule has 0 spiro atoms. The zero-order valence-electron chi connectivity index (χ0n) is 14.9. The van der Waals surface area contributed by atoms with Gasteiger partial charge in [-0.3, -0.25) is 4.90 Å². The summed E-state index contributed by atoms with van der Waals surface area (Å²) < 4.78 is 10.8. The first-order chi connectivity index (χ1) is 12.2. The number of nitrogens with zero attached hydrogens (tertiary/aromatic N) is 1. The molecule has 0 fully saturated rings. The molecule has 0 saturated carbocycles. The van der Waals surface area contributed by atoms with Crippen LogP contribution in [0.2, 0.25) is 0 Å². The Kier molecular flexibility index (Phi) is 6.45. The number of aliphatic hydroxyl groups is 1. The number of rotatable bonds is 7. The molecule has 1 heterocycles. The van der Waals surface area contributed by atoms with E-state index in [9.17, 15) is 5.11 Å². The normalized spacial score (nSPS) is 16.1. The van der Waals surface area contributed by atoms with Crippen LogP contribution in [0.1, 0.15) is 23.1 Å². The Hall–Kier alpha value is -1.88. The molecule has 3 rings (SSSR count). The number of hydrogen-bond donors (Lipinski definition) is 1. The second-order valence-corrected chi connectivity index (χ2v) is 6.62. The fourth-order valence-electron chi connectivity index (χ4n) is 3.31. The zero-order chi connectivity index (χ0) is 17.5. The van der Waals surface area contributed by atoms with Gasteiger partial charge >= 0.3 is 0 Å². The van der Waals surface area contributed by atoms with Gasteiger partial charge in [0.25, 0.3) is 0 Å². The molecule has 0 aromatic heterocycles. The fourth-order valence-corrected chi connectivity index (χ4v) is 3.31. The first kappa shape index (κ1) is 17.9. The third kappa shape index (κ3) is 5.30. The summed E-state index contributed by atoms with van der Waals surface area (Å²) in [5, 5.41) is 10.3. The van der Waals surface area contributed by atoms with Crippen molar-refractivity contribution in [3.63, 3.8) is 0 Å². The highest BCUT2D eigenvalue weighted by atomic mass is 16.5. The number of hydrogen-bond acceptors (Lipinski definition) is 4. The van der Waals surface area contributed by atoms with Crippen molar-refractivity contribution >= 4 is 0 Å².